The number of rotatable bonds is 6. The number of aliphatic carboxylic acids is 1. The van der Waals surface area contributed by atoms with Crippen LogP contribution in [0.5, 0.6) is 0 Å². The Morgan fingerprint density at radius 2 is 1.87 bits per heavy atom. The second-order valence-electron chi connectivity index (χ2n) is 7.03. The van der Waals surface area contributed by atoms with Gasteiger partial charge in [-0.1, -0.05) is 6.58 Å². The third-order valence-electron chi connectivity index (χ3n) is 3.90. The number of nitrogens with zero attached hydrogens (tertiary/aromatic N) is 1. The minimum Gasteiger partial charge on any atom is -0.481 e. The first-order valence-corrected chi connectivity index (χ1v) is 7.98. The van der Waals surface area contributed by atoms with E-state index in [0.29, 0.717) is 19.5 Å². The maximum atomic E-state index is 11.8. The first kappa shape index (κ1) is 19.2. The molecule has 130 valence electrons. The number of carboxylic acids is 1. The average Bonchev–Trinajstić information content (AvgIpc) is 2.44. The molecule has 1 heterocycles. The molecule has 0 aromatic carbocycles. The second kappa shape index (κ2) is 8.13. The summed E-state index contributed by atoms with van der Waals surface area (Å²) < 4.78 is 5.20. The third kappa shape index (κ3) is 6.84. The molecule has 1 rings (SSSR count). The van der Waals surface area contributed by atoms with Crippen molar-refractivity contribution in [2.45, 2.75) is 52.1 Å². The molecular formula is C17H27NO5. The summed E-state index contributed by atoms with van der Waals surface area (Å²) in [5.74, 6) is -2.08. The Morgan fingerprint density at radius 1 is 1.30 bits per heavy atom. The van der Waals surface area contributed by atoms with E-state index in [-0.39, 0.29) is 18.2 Å². The minimum atomic E-state index is -0.972. The van der Waals surface area contributed by atoms with E-state index in [1.807, 2.05) is 0 Å². The summed E-state index contributed by atoms with van der Waals surface area (Å²) in [5, 5.41) is 9.34. The molecule has 6 nitrogen and oxygen atoms in total. The van der Waals surface area contributed by atoms with E-state index in [2.05, 4.69) is 6.58 Å². The molecule has 0 spiro atoms. The molecule has 1 amide bonds. The van der Waals surface area contributed by atoms with Crippen molar-refractivity contribution < 1.29 is 24.2 Å². The standard InChI is InChI=1S/C17H27NO5/c1-5-14(19)18-8-6-12(7-9-18)10-13(16(21)22)11-15(20)23-17(2,3)4/h5,12-13H,1,6-11H2,2-4H3,(H,21,22)/t13-/m1/s1. The number of amides is 1. The van der Waals surface area contributed by atoms with Crippen molar-refractivity contribution in [3.8, 4) is 0 Å². The van der Waals surface area contributed by atoms with Gasteiger partial charge in [0.05, 0.1) is 12.3 Å². The van der Waals surface area contributed by atoms with Crippen LogP contribution < -0.4 is 0 Å². The molecule has 1 N–H and O–H groups in total. The minimum absolute atomic E-state index is 0.0908. The molecule has 1 saturated heterocycles. The van der Waals surface area contributed by atoms with Gasteiger partial charge in [-0.25, -0.2) is 0 Å². The van der Waals surface area contributed by atoms with Crippen molar-refractivity contribution in [3.05, 3.63) is 12.7 Å². The van der Waals surface area contributed by atoms with Gasteiger partial charge >= 0.3 is 11.9 Å². The lowest BCUT2D eigenvalue weighted by molar-refractivity contribution is -0.160. The van der Waals surface area contributed by atoms with Crippen LogP contribution in [0.2, 0.25) is 0 Å². The number of likely N-dealkylation sites (tertiary alicyclic amines) is 1. The van der Waals surface area contributed by atoms with Gasteiger partial charge in [0, 0.05) is 13.1 Å². The Bertz CT molecular complexity index is 458. The molecule has 0 radical (unpaired) electrons. The van der Waals surface area contributed by atoms with E-state index in [1.54, 1.807) is 25.7 Å². The van der Waals surface area contributed by atoms with Gasteiger partial charge < -0.3 is 14.7 Å². The summed E-state index contributed by atoms with van der Waals surface area (Å²) >= 11 is 0. The molecule has 6 heteroatoms. The van der Waals surface area contributed by atoms with E-state index < -0.39 is 23.5 Å². The maximum absolute atomic E-state index is 11.8. The molecule has 0 aliphatic carbocycles. The molecule has 0 aromatic rings. The smallest absolute Gasteiger partial charge is 0.307 e. The van der Waals surface area contributed by atoms with Crippen molar-refractivity contribution in [3.63, 3.8) is 0 Å². The lowest BCUT2D eigenvalue weighted by Gasteiger charge is -2.32. The lowest BCUT2D eigenvalue weighted by atomic mass is 9.85. The number of hydrogen-bond acceptors (Lipinski definition) is 4. The van der Waals surface area contributed by atoms with Crippen LogP contribution in [0.3, 0.4) is 0 Å². The zero-order valence-electron chi connectivity index (χ0n) is 14.2. The Labute approximate surface area is 137 Å². The Balaban J connectivity index is 2.51. The predicted octanol–water partition coefficient (Wildman–Crippen LogP) is 2.23. The fourth-order valence-corrected chi connectivity index (χ4v) is 2.78. The summed E-state index contributed by atoms with van der Waals surface area (Å²) in [5.41, 5.74) is -0.615. The fourth-order valence-electron chi connectivity index (χ4n) is 2.78. The van der Waals surface area contributed by atoms with Crippen molar-refractivity contribution in [1.82, 2.24) is 4.90 Å². The zero-order chi connectivity index (χ0) is 17.6. The molecule has 1 fully saturated rings. The van der Waals surface area contributed by atoms with E-state index in [0.717, 1.165) is 12.8 Å². The Hall–Kier alpha value is -1.85. The van der Waals surface area contributed by atoms with Crippen LogP contribution in [0, 0.1) is 11.8 Å². The summed E-state index contributed by atoms with van der Waals surface area (Å²) in [6.07, 6.45) is 3.11. The van der Waals surface area contributed by atoms with Crippen molar-refractivity contribution >= 4 is 17.8 Å². The molecular weight excluding hydrogens is 298 g/mol. The largest absolute Gasteiger partial charge is 0.481 e. The highest BCUT2D eigenvalue weighted by atomic mass is 16.6. The normalized spacial score (nSPS) is 17.4. The van der Waals surface area contributed by atoms with Gasteiger partial charge in [-0.15, -0.1) is 0 Å². The molecule has 23 heavy (non-hydrogen) atoms. The van der Waals surface area contributed by atoms with Gasteiger partial charge in [0.1, 0.15) is 5.60 Å². The van der Waals surface area contributed by atoms with Gasteiger partial charge in [0.15, 0.2) is 0 Å². The third-order valence-corrected chi connectivity index (χ3v) is 3.90. The second-order valence-corrected chi connectivity index (χ2v) is 7.03. The Morgan fingerprint density at radius 3 is 2.30 bits per heavy atom. The fraction of sp³-hybridized carbons (Fsp3) is 0.706. The molecule has 1 aliphatic heterocycles. The summed E-state index contributed by atoms with van der Waals surface area (Å²) in [4.78, 5) is 36.5. The van der Waals surface area contributed by atoms with Crippen LogP contribution in [0.1, 0.15) is 46.5 Å². The zero-order valence-corrected chi connectivity index (χ0v) is 14.2. The number of carboxylic acid groups (broad SMARTS) is 1. The predicted molar refractivity (Wildman–Crippen MR) is 85.7 cm³/mol. The van der Waals surface area contributed by atoms with Gasteiger partial charge in [-0.2, -0.15) is 0 Å². The highest BCUT2D eigenvalue weighted by molar-refractivity contribution is 5.87. The molecule has 1 aliphatic rings. The quantitative estimate of drug-likeness (QED) is 0.598. The highest BCUT2D eigenvalue weighted by Gasteiger charge is 2.30. The number of esters is 1. The van der Waals surface area contributed by atoms with Gasteiger partial charge in [0.25, 0.3) is 0 Å². The molecule has 1 atom stereocenters. The number of ether oxygens (including phenoxy) is 1. The van der Waals surface area contributed by atoms with Crippen LogP contribution in [-0.2, 0) is 19.1 Å². The number of piperidine rings is 1. The van der Waals surface area contributed by atoms with Gasteiger partial charge in [0.2, 0.25) is 5.91 Å². The topological polar surface area (TPSA) is 83.9 Å². The van der Waals surface area contributed by atoms with E-state index >= 15 is 0 Å². The highest BCUT2D eigenvalue weighted by Crippen LogP contribution is 2.27. The molecule has 0 unspecified atom stereocenters. The summed E-state index contributed by atoms with van der Waals surface area (Å²) in [6, 6.07) is 0. The van der Waals surface area contributed by atoms with Crippen molar-refractivity contribution in [2.75, 3.05) is 13.1 Å². The lowest BCUT2D eigenvalue weighted by Crippen LogP contribution is -2.38. The van der Waals surface area contributed by atoms with E-state index in [4.69, 9.17) is 4.74 Å². The van der Waals surface area contributed by atoms with E-state index in [1.165, 1.54) is 6.08 Å². The maximum Gasteiger partial charge on any atom is 0.307 e. The SMILES string of the molecule is C=CC(=O)N1CCC(C[C@H](CC(=O)OC(C)(C)C)C(=O)O)CC1. The van der Waals surface area contributed by atoms with Crippen LogP contribution in [0.4, 0.5) is 0 Å². The first-order valence-electron chi connectivity index (χ1n) is 7.98. The summed E-state index contributed by atoms with van der Waals surface area (Å²) in [6.45, 7) is 9.95. The number of hydrogen-bond donors (Lipinski definition) is 1. The van der Waals surface area contributed by atoms with Crippen molar-refractivity contribution in [1.29, 1.82) is 0 Å². The molecule has 0 saturated carbocycles. The average molecular weight is 325 g/mol. The van der Waals surface area contributed by atoms with Crippen LogP contribution in [0.15, 0.2) is 12.7 Å². The van der Waals surface area contributed by atoms with Crippen LogP contribution in [-0.4, -0.2) is 46.5 Å². The van der Waals surface area contributed by atoms with Crippen molar-refractivity contribution in [2.24, 2.45) is 11.8 Å². The van der Waals surface area contributed by atoms with Gasteiger partial charge in [-0.3, -0.25) is 14.4 Å². The summed E-state index contributed by atoms with van der Waals surface area (Å²) in [7, 11) is 0. The van der Waals surface area contributed by atoms with Gasteiger partial charge in [-0.05, 0) is 52.0 Å². The molecule has 0 aromatic heterocycles. The first-order chi connectivity index (χ1) is 10.6. The Kier molecular flexibility index (Phi) is 6.79. The monoisotopic (exact) mass is 325 g/mol. The van der Waals surface area contributed by atoms with E-state index in [9.17, 15) is 19.5 Å². The molecule has 0 bridgehead atoms. The number of carbonyl (C=O) groups is 3. The number of carbonyl (C=O) groups excluding carboxylic acids is 2. The van der Waals surface area contributed by atoms with Crippen LogP contribution >= 0.6 is 0 Å². The van der Waals surface area contributed by atoms with Crippen LogP contribution in [0.25, 0.3) is 0 Å².